The first-order valence-electron chi connectivity index (χ1n) is 5.99. The van der Waals surface area contributed by atoms with Crippen molar-refractivity contribution in [2.45, 2.75) is 39.2 Å². The van der Waals surface area contributed by atoms with E-state index in [1.807, 2.05) is 12.1 Å². The van der Waals surface area contributed by atoms with E-state index >= 15 is 0 Å². The number of nitrogens with zero attached hydrogens (tertiary/aromatic N) is 1. The molecule has 1 atom stereocenters. The summed E-state index contributed by atoms with van der Waals surface area (Å²) in [5, 5.41) is 12.9. The summed E-state index contributed by atoms with van der Waals surface area (Å²) < 4.78 is 0. The lowest BCUT2D eigenvalue weighted by Gasteiger charge is -2.28. The van der Waals surface area contributed by atoms with E-state index in [1.165, 1.54) is 19.3 Å². The number of nitrogens with one attached hydrogen (secondary N) is 1. The quantitative estimate of drug-likeness (QED) is 0.851. The summed E-state index contributed by atoms with van der Waals surface area (Å²) in [6.45, 7) is 4.59. The molecule has 1 unspecified atom stereocenters. The second kappa shape index (κ2) is 4.58. The molecule has 0 heterocycles. The van der Waals surface area contributed by atoms with Crippen molar-refractivity contribution in [2.24, 2.45) is 5.41 Å². The predicted molar refractivity (Wildman–Crippen MR) is 71.2 cm³/mol. The number of nitriles is 1. The minimum Gasteiger partial charge on any atom is -0.382 e. The van der Waals surface area contributed by atoms with Crippen LogP contribution in [-0.2, 0) is 0 Å². The Bertz CT molecular complexity index is 460. The van der Waals surface area contributed by atoms with Gasteiger partial charge in [0.25, 0.3) is 0 Å². The fourth-order valence-corrected chi connectivity index (χ4v) is 2.71. The van der Waals surface area contributed by atoms with E-state index in [9.17, 15) is 0 Å². The molecule has 1 fully saturated rings. The van der Waals surface area contributed by atoms with Gasteiger partial charge < -0.3 is 5.32 Å². The zero-order valence-corrected chi connectivity index (χ0v) is 11.0. The lowest BCUT2D eigenvalue weighted by Crippen LogP contribution is -2.30. The molecule has 2 rings (SSSR count). The highest BCUT2D eigenvalue weighted by atomic mass is 35.5. The molecule has 1 aliphatic rings. The standard InChI is InChI=1S/C14H17ClN2/c1-14(2)7-3-4-13(14)17-11-6-5-10(9-16)12(15)8-11/h5-6,8,13,17H,3-4,7H2,1-2H3. The second-order valence-electron chi connectivity index (χ2n) is 5.38. The van der Waals surface area contributed by atoms with E-state index in [0.29, 0.717) is 22.0 Å². The van der Waals surface area contributed by atoms with Crippen LogP contribution in [0.2, 0.25) is 5.02 Å². The number of hydrogen-bond acceptors (Lipinski definition) is 2. The molecule has 1 aromatic carbocycles. The van der Waals surface area contributed by atoms with Crippen molar-refractivity contribution >= 4 is 17.3 Å². The zero-order valence-electron chi connectivity index (χ0n) is 10.3. The van der Waals surface area contributed by atoms with Crippen LogP contribution in [0.15, 0.2) is 18.2 Å². The van der Waals surface area contributed by atoms with Gasteiger partial charge >= 0.3 is 0 Å². The first-order chi connectivity index (χ1) is 8.03. The molecular formula is C14H17ClN2. The van der Waals surface area contributed by atoms with E-state index in [-0.39, 0.29) is 0 Å². The number of anilines is 1. The van der Waals surface area contributed by atoms with Gasteiger partial charge in [0.2, 0.25) is 0 Å². The highest BCUT2D eigenvalue weighted by molar-refractivity contribution is 6.32. The van der Waals surface area contributed by atoms with Crippen LogP contribution in [-0.4, -0.2) is 6.04 Å². The molecular weight excluding hydrogens is 232 g/mol. The Kier molecular flexibility index (Phi) is 3.31. The molecule has 3 heteroatoms. The minimum atomic E-state index is 0.334. The van der Waals surface area contributed by atoms with Gasteiger partial charge in [-0.05, 0) is 36.5 Å². The van der Waals surface area contributed by atoms with Gasteiger partial charge in [0.15, 0.2) is 0 Å². The molecule has 17 heavy (non-hydrogen) atoms. The van der Waals surface area contributed by atoms with Gasteiger partial charge in [0.05, 0.1) is 10.6 Å². The van der Waals surface area contributed by atoms with E-state index in [1.54, 1.807) is 6.07 Å². The van der Waals surface area contributed by atoms with Crippen LogP contribution < -0.4 is 5.32 Å². The SMILES string of the molecule is CC1(C)CCCC1Nc1ccc(C#N)c(Cl)c1. The summed E-state index contributed by atoms with van der Waals surface area (Å²) in [6.07, 6.45) is 3.73. The molecule has 1 N–H and O–H groups in total. The maximum absolute atomic E-state index is 8.82. The lowest BCUT2D eigenvalue weighted by atomic mass is 9.87. The first-order valence-corrected chi connectivity index (χ1v) is 6.37. The zero-order chi connectivity index (χ0) is 12.5. The minimum absolute atomic E-state index is 0.334. The van der Waals surface area contributed by atoms with Crippen molar-refractivity contribution < 1.29 is 0 Å². The molecule has 1 aromatic rings. The van der Waals surface area contributed by atoms with Gasteiger partial charge in [-0.2, -0.15) is 5.26 Å². The predicted octanol–water partition coefficient (Wildman–Crippen LogP) is 4.20. The summed E-state index contributed by atoms with van der Waals surface area (Å²) in [7, 11) is 0. The van der Waals surface area contributed by atoms with Crippen LogP contribution >= 0.6 is 11.6 Å². The maximum atomic E-state index is 8.82. The highest BCUT2D eigenvalue weighted by Gasteiger charge is 2.34. The Balaban J connectivity index is 2.15. The van der Waals surface area contributed by atoms with Crippen molar-refractivity contribution in [1.29, 1.82) is 5.26 Å². The molecule has 90 valence electrons. The second-order valence-corrected chi connectivity index (χ2v) is 5.79. The Morgan fingerprint density at radius 2 is 2.24 bits per heavy atom. The van der Waals surface area contributed by atoms with Gasteiger partial charge in [-0.3, -0.25) is 0 Å². The van der Waals surface area contributed by atoms with Crippen LogP contribution in [0, 0.1) is 16.7 Å². The van der Waals surface area contributed by atoms with Gasteiger partial charge in [0, 0.05) is 11.7 Å². The molecule has 1 aliphatic carbocycles. The number of benzene rings is 1. The van der Waals surface area contributed by atoms with Crippen molar-refractivity contribution in [3.63, 3.8) is 0 Å². The van der Waals surface area contributed by atoms with E-state index in [2.05, 4.69) is 25.2 Å². The summed E-state index contributed by atoms with van der Waals surface area (Å²) in [5.41, 5.74) is 1.87. The molecule has 1 saturated carbocycles. The Morgan fingerprint density at radius 3 is 2.76 bits per heavy atom. The highest BCUT2D eigenvalue weighted by Crippen LogP contribution is 2.39. The van der Waals surface area contributed by atoms with Crippen molar-refractivity contribution in [1.82, 2.24) is 0 Å². The lowest BCUT2D eigenvalue weighted by molar-refractivity contribution is 0.350. The van der Waals surface area contributed by atoms with Gasteiger partial charge in [0.1, 0.15) is 6.07 Å². The molecule has 0 aliphatic heterocycles. The largest absolute Gasteiger partial charge is 0.382 e. The first kappa shape index (κ1) is 12.3. The van der Waals surface area contributed by atoms with Crippen LogP contribution in [0.5, 0.6) is 0 Å². The molecule has 0 spiro atoms. The Morgan fingerprint density at radius 1 is 1.47 bits per heavy atom. The summed E-state index contributed by atoms with van der Waals surface area (Å²) in [6, 6.07) is 8.11. The average molecular weight is 249 g/mol. The van der Waals surface area contributed by atoms with Crippen molar-refractivity contribution in [2.75, 3.05) is 5.32 Å². The molecule has 2 nitrogen and oxygen atoms in total. The maximum Gasteiger partial charge on any atom is 0.101 e. The third kappa shape index (κ3) is 2.56. The fourth-order valence-electron chi connectivity index (χ4n) is 2.49. The van der Waals surface area contributed by atoms with E-state index < -0.39 is 0 Å². The van der Waals surface area contributed by atoms with Gasteiger partial charge in [-0.15, -0.1) is 0 Å². The van der Waals surface area contributed by atoms with Crippen LogP contribution in [0.1, 0.15) is 38.7 Å². The van der Waals surface area contributed by atoms with Crippen LogP contribution in [0.4, 0.5) is 5.69 Å². The van der Waals surface area contributed by atoms with Crippen LogP contribution in [0.25, 0.3) is 0 Å². The van der Waals surface area contributed by atoms with Crippen molar-refractivity contribution in [3.8, 4) is 6.07 Å². The third-order valence-electron chi connectivity index (χ3n) is 3.69. The van der Waals surface area contributed by atoms with Gasteiger partial charge in [-0.25, -0.2) is 0 Å². The monoisotopic (exact) mass is 248 g/mol. The van der Waals surface area contributed by atoms with Gasteiger partial charge in [-0.1, -0.05) is 31.9 Å². The third-order valence-corrected chi connectivity index (χ3v) is 4.00. The molecule has 0 bridgehead atoms. The molecule has 0 saturated heterocycles. The smallest absolute Gasteiger partial charge is 0.101 e. The van der Waals surface area contributed by atoms with E-state index in [4.69, 9.17) is 16.9 Å². The molecule has 0 radical (unpaired) electrons. The molecule has 0 amide bonds. The number of rotatable bonds is 2. The summed E-state index contributed by atoms with van der Waals surface area (Å²) in [4.78, 5) is 0. The molecule has 0 aromatic heterocycles. The fraction of sp³-hybridized carbons (Fsp3) is 0.500. The summed E-state index contributed by atoms with van der Waals surface area (Å²) in [5.74, 6) is 0. The average Bonchev–Trinajstić information content (AvgIpc) is 2.59. The van der Waals surface area contributed by atoms with Crippen LogP contribution in [0.3, 0.4) is 0 Å². The summed E-state index contributed by atoms with van der Waals surface area (Å²) >= 11 is 6.02. The number of hydrogen-bond donors (Lipinski definition) is 1. The van der Waals surface area contributed by atoms with E-state index in [0.717, 1.165) is 5.69 Å². The number of halogens is 1. The normalized spacial score (nSPS) is 22.1. The topological polar surface area (TPSA) is 35.8 Å². The Labute approximate surface area is 108 Å². The van der Waals surface area contributed by atoms with Crippen molar-refractivity contribution in [3.05, 3.63) is 28.8 Å². The Hall–Kier alpha value is -1.20.